The number of nitrogens with zero attached hydrogens (tertiary/aromatic N) is 1. The van der Waals surface area contributed by atoms with E-state index < -0.39 is 0 Å². The first kappa shape index (κ1) is 10.9. The van der Waals surface area contributed by atoms with Crippen LogP contribution in [0.25, 0.3) is 0 Å². The number of hydrogen-bond donors (Lipinski definition) is 1. The molecule has 0 aliphatic heterocycles. The van der Waals surface area contributed by atoms with Gasteiger partial charge in [-0.15, -0.1) is 0 Å². The van der Waals surface area contributed by atoms with E-state index in [4.69, 9.17) is 11.6 Å². The molecule has 0 saturated heterocycles. The fourth-order valence-corrected chi connectivity index (χ4v) is 1.44. The fraction of sp³-hybridized carbons (Fsp3) is 0.0833. The van der Waals surface area contributed by atoms with Crippen LogP contribution in [0.3, 0.4) is 0 Å². The zero-order chi connectivity index (χ0) is 11.5. The third-order valence-corrected chi connectivity index (χ3v) is 2.48. The average Bonchev–Trinajstić information content (AvgIpc) is 2.28. The summed E-state index contributed by atoms with van der Waals surface area (Å²) in [4.78, 5) is 4.08. The van der Waals surface area contributed by atoms with Crippen molar-refractivity contribution in [2.45, 2.75) is 6.92 Å². The standard InChI is InChI=1S/C12H10ClFN2/c1-8-10(14)3-2-4-11(8)16-12-6-5-9(13)7-15-12/h2-7H,1H3,(H,15,16). The second kappa shape index (κ2) is 4.49. The van der Waals surface area contributed by atoms with Crippen molar-refractivity contribution in [3.05, 3.63) is 52.9 Å². The van der Waals surface area contributed by atoms with Crippen LogP contribution in [0.4, 0.5) is 15.9 Å². The minimum atomic E-state index is -0.237. The van der Waals surface area contributed by atoms with Crippen LogP contribution in [0.1, 0.15) is 5.56 Å². The Morgan fingerprint density at radius 3 is 2.75 bits per heavy atom. The molecule has 0 saturated carbocycles. The lowest BCUT2D eigenvalue weighted by Crippen LogP contribution is -1.96. The van der Waals surface area contributed by atoms with Crippen LogP contribution in [0.2, 0.25) is 5.02 Å². The Morgan fingerprint density at radius 1 is 1.25 bits per heavy atom. The molecule has 0 bridgehead atoms. The molecule has 2 rings (SSSR count). The van der Waals surface area contributed by atoms with Gasteiger partial charge in [-0.2, -0.15) is 0 Å². The van der Waals surface area contributed by atoms with Gasteiger partial charge in [0.05, 0.1) is 5.02 Å². The molecule has 0 radical (unpaired) electrons. The summed E-state index contributed by atoms with van der Waals surface area (Å²) in [5.41, 5.74) is 1.27. The van der Waals surface area contributed by atoms with Crippen LogP contribution in [0, 0.1) is 12.7 Å². The third kappa shape index (κ3) is 2.31. The van der Waals surface area contributed by atoms with E-state index in [0.29, 0.717) is 22.1 Å². The molecule has 4 heteroatoms. The second-order valence-corrected chi connectivity index (χ2v) is 3.84. The maximum absolute atomic E-state index is 13.3. The van der Waals surface area contributed by atoms with Gasteiger partial charge < -0.3 is 5.32 Å². The van der Waals surface area contributed by atoms with Crippen molar-refractivity contribution in [2.75, 3.05) is 5.32 Å². The number of rotatable bonds is 2. The fourth-order valence-electron chi connectivity index (χ4n) is 1.33. The van der Waals surface area contributed by atoms with Gasteiger partial charge in [-0.25, -0.2) is 9.37 Å². The van der Waals surface area contributed by atoms with E-state index in [1.165, 1.54) is 6.07 Å². The molecule has 1 heterocycles. The summed E-state index contributed by atoms with van der Waals surface area (Å²) in [5.74, 6) is 0.400. The van der Waals surface area contributed by atoms with Gasteiger partial charge in [0, 0.05) is 17.4 Å². The Bertz CT molecular complexity index is 497. The summed E-state index contributed by atoms with van der Waals surface area (Å²) in [7, 11) is 0. The summed E-state index contributed by atoms with van der Waals surface area (Å²) in [6.45, 7) is 1.72. The van der Waals surface area contributed by atoms with E-state index in [0.717, 1.165) is 0 Å². The average molecular weight is 237 g/mol. The van der Waals surface area contributed by atoms with Crippen molar-refractivity contribution < 1.29 is 4.39 Å². The Labute approximate surface area is 98.1 Å². The van der Waals surface area contributed by atoms with Crippen molar-refractivity contribution in [1.82, 2.24) is 4.98 Å². The van der Waals surface area contributed by atoms with Crippen molar-refractivity contribution in [1.29, 1.82) is 0 Å². The number of benzene rings is 1. The van der Waals surface area contributed by atoms with Gasteiger partial charge in [-0.05, 0) is 31.2 Å². The molecule has 0 unspecified atom stereocenters. The molecule has 2 aromatic rings. The van der Waals surface area contributed by atoms with Gasteiger partial charge in [0.2, 0.25) is 0 Å². The van der Waals surface area contributed by atoms with Crippen LogP contribution >= 0.6 is 11.6 Å². The number of aromatic nitrogens is 1. The Hall–Kier alpha value is -1.61. The summed E-state index contributed by atoms with van der Waals surface area (Å²) >= 11 is 5.72. The summed E-state index contributed by atoms with van der Waals surface area (Å²) in [6.07, 6.45) is 1.54. The topological polar surface area (TPSA) is 24.9 Å². The van der Waals surface area contributed by atoms with Crippen molar-refractivity contribution in [3.8, 4) is 0 Å². The van der Waals surface area contributed by atoms with Crippen LogP contribution in [0.5, 0.6) is 0 Å². The zero-order valence-corrected chi connectivity index (χ0v) is 9.42. The van der Waals surface area contributed by atoms with Crippen LogP contribution < -0.4 is 5.32 Å². The predicted molar refractivity (Wildman–Crippen MR) is 63.7 cm³/mol. The van der Waals surface area contributed by atoms with E-state index in [2.05, 4.69) is 10.3 Å². The number of hydrogen-bond acceptors (Lipinski definition) is 2. The summed E-state index contributed by atoms with van der Waals surface area (Å²) in [5, 5.41) is 3.60. The first-order chi connectivity index (χ1) is 7.66. The molecule has 0 aliphatic rings. The highest BCUT2D eigenvalue weighted by atomic mass is 35.5. The van der Waals surface area contributed by atoms with E-state index in [9.17, 15) is 4.39 Å². The smallest absolute Gasteiger partial charge is 0.130 e. The van der Waals surface area contributed by atoms with E-state index in [-0.39, 0.29) is 5.82 Å². The molecule has 0 spiro atoms. The predicted octanol–water partition coefficient (Wildman–Crippen LogP) is 3.93. The molecule has 0 amide bonds. The van der Waals surface area contributed by atoms with Crippen LogP contribution in [-0.4, -0.2) is 4.98 Å². The first-order valence-corrected chi connectivity index (χ1v) is 5.18. The lowest BCUT2D eigenvalue weighted by atomic mass is 10.2. The molecular formula is C12H10ClFN2. The van der Waals surface area contributed by atoms with Crippen molar-refractivity contribution in [2.24, 2.45) is 0 Å². The molecule has 82 valence electrons. The van der Waals surface area contributed by atoms with Gasteiger partial charge >= 0.3 is 0 Å². The van der Waals surface area contributed by atoms with Crippen LogP contribution in [-0.2, 0) is 0 Å². The van der Waals surface area contributed by atoms with Crippen LogP contribution in [0.15, 0.2) is 36.5 Å². The Kier molecular flexibility index (Phi) is 3.06. The van der Waals surface area contributed by atoms with Gasteiger partial charge in [0.25, 0.3) is 0 Å². The largest absolute Gasteiger partial charge is 0.340 e. The molecule has 1 aromatic carbocycles. The number of pyridine rings is 1. The lowest BCUT2D eigenvalue weighted by Gasteiger charge is -2.08. The third-order valence-electron chi connectivity index (χ3n) is 2.26. The highest BCUT2D eigenvalue weighted by Gasteiger charge is 2.03. The minimum Gasteiger partial charge on any atom is -0.340 e. The molecule has 0 fully saturated rings. The number of halogens is 2. The highest BCUT2D eigenvalue weighted by molar-refractivity contribution is 6.30. The van der Waals surface area contributed by atoms with E-state index in [1.807, 2.05) is 0 Å². The van der Waals surface area contributed by atoms with Crippen molar-refractivity contribution >= 4 is 23.1 Å². The SMILES string of the molecule is Cc1c(F)cccc1Nc1ccc(Cl)cn1. The molecule has 2 nitrogen and oxygen atoms in total. The van der Waals surface area contributed by atoms with Crippen molar-refractivity contribution in [3.63, 3.8) is 0 Å². The first-order valence-electron chi connectivity index (χ1n) is 4.80. The molecule has 16 heavy (non-hydrogen) atoms. The maximum Gasteiger partial charge on any atom is 0.130 e. The molecule has 0 atom stereocenters. The molecule has 1 aromatic heterocycles. The summed E-state index contributed by atoms with van der Waals surface area (Å²) < 4.78 is 13.3. The monoisotopic (exact) mass is 236 g/mol. The highest BCUT2D eigenvalue weighted by Crippen LogP contribution is 2.21. The summed E-state index contributed by atoms with van der Waals surface area (Å²) in [6, 6.07) is 8.35. The zero-order valence-electron chi connectivity index (χ0n) is 8.67. The van der Waals surface area contributed by atoms with Gasteiger partial charge in [0.15, 0.2) is 0 Å². The van der Waals surface area contributed by atoms with Gasteiger partial charge in [-0.3, -0.25) is 0 Å². The van der Waals surface area contributed by atoms with E-state index in [1.54, 1.807) is 37.4 Å². The number of anilines is 2. The normalized spacial score (nSPS) is 10.2. The minimum absolute atomic E-state index is 0.237. The van der Waals surface area contributed by atoms with E-state index >= 15 is 0 Å². The second-order valence-electron chi connectivity index (χ2n) is 3.40. The molecule has 1 N–H and O–H groups in total. The van der Waals surface area contributed by atoms with Gasteiger partial charge in [0.1, 0.15) is 11.6 Å². The number of nitrogens with one attached hydrogen (secondary N) is 1. The Morgan fingerprint density at radius 2 is 2.06 bits per heavy atom. The maximum atomic E-state index is 13.3. The molecule has 0 aliphatic carbocycles. The molecular weight excluding hydrogens is 227 g/mol. The Balaban J connectivity index is 2.27. The quantitative estimate of drug-likeness (QED) is 0.855. The lowest BCUT2D eigenvalue weighted by molar-refractivity contribution is 0.619. The van der Waals surface area contributed by atoms with Gasteiger partial charge in [-0.1, -0.05) is 17.7 Å².